The van der Waals surface area contributed by atoms with E-state index in [1.165, 1.54) is 7.11 Å². The van der Waals surface area contributed by atoms with Crippen molar-refractivity contribution < 1.29 is 13.9 Å². The third-order valence-electron chi connectivity index (χ3n) is 3.86. The van der Waals surface area contributed by atoms with Gasteiger partial charge in [-0.25, -0.2) is 9.78 Å². The van der Waals surface area contributed by atoms with Crippen molar-refractivity contribution in [1.29, 1.82) is 0 Å². The van der Waals surface area contributed by atoms with Crippen LogP contribution in [0.5, 0.6) is 0 Å². The van der Waals surface area contributed by atoms with E-state index in [0.717, 1.165) is 12.0 Å². The van der Waals surface area contributed by atoms with Gasteiger partial charge in [0.15, 0.2) is 16.5 Å². The van der Waals surface area contributed by atoms with E-state index in [4.69, 9.17) is 32.4 Å². The van der Waals surface area contributed by atoms with E-state index < -0.39 is 5.97 Å². The Kier molecular flexibility index (Phi) is 5.55. The van der Waals surface area contributed by atoms with Gasteiger partial charge in [-0.2, -0.15) is 0 Å². The molecule has 0 fully saturated rings. The molecule has 0 aliphatic carbocycles. The number of benzene rings is 1. The molecule has 1 unspecified atom stereocenters. The van der Waals surface area contributed by atoms with Gasteiger partial charge in [0.05, 0.1) is 23.2 Å². The minimum absolute atomic E-state index is 0.100. The Morgan fingerprint density at radius 2 is 2.15 bits per heavy atom. The van der Waals surface area contributed by atoms with Gasteiger partial charge in [-0.05, 0) is 24.1 Å². The summed E-state index contributed by atoms with van der Waals surface area (Å²) < 4.78 is 11.8. The first-order valence-electron chi connectivity index (χ1n) is 7.58. The average molecular weight is 413 g/mol. The minimum Gasteiger partial charge on any atom is -0.464 e. The van der Waals surface area contributed by atoms with Crippen molar-refractivity contribution in [2.75, 3.05) is 7.11 Å². The second-order valence-electron chi connectivity index (χ2n) is 5.31. The Hall–Kier alpha value is -2.03. The van der Waals surface area contributed by atoms with Gasteiger partial charge in [0, 0.05) is 0 Å². The van der Waals surface area contributed by atoms with Crippen LogP contribution in [0.3, 0.4) is 0 Å². The lowest BCUT2D eigenvalue weighted by Gasteiger charge is -2.21. The van der Waals surface area contributed by atoms with Crippen LogP contribution in [0.1, 0.15) is 35.4 Å². The molecule has 1 atom stereocenters. The van der Waals surface area contributed by atoms with Crippen LogP contribution in [-0.2, 0) is 4.74 Å². The summed E-state index contributed by atoms with van der Waals surface area (Å²) in [4.78, 5) is 16.8. The number of ether oxygens (including phenoxy) is 1. The molecule has 3 rings (SSSR count). The van der Waals surface area contributed by atoms with E-state index in [0.29, 0.717) is 21.6 Å². The maximum Gasteiger partial charge on any atom is 0.357 e. The molecule has 10 heteroatoms. The number of halogens is 2. The Bertz CT molecular complexity index is 943. The average Bonchev–Trinajstić information content (AvgIpc) is 3.26. The molecule has 0 aliphatic rings. The van der Waals surface area contributed by atoms with Gasteiger partial charge in [-0.1, -0.05) is 36.2 Å². The van der Waals surface area contributed by atoms with E-state index in [1.54, 1.807) is 16.7 Å². The number of hydrogen-bond acceptors (Lipinski definition) is 7. The number of imidazole rings is 1. The van der Waals surface area contributed by atoms with Crippen molar-refractivity contribution in [2.45, 2.75) is 24.5 Å². The molecule has 0 amide bonds. The van der Waals surface area contributed by atoms with Gasteiger partial charge in [0.1, 0.15) is 0 Å². The summed E-state index contributed by atoms with van der Waals surface area (Å²) >= 11 is 16.6. The van der Waals surface area contributed by atoms with E-state index in [-0.39, 0.29) is 23.3 Å². The Balaban J connectivity index is 2.21. The largest absolute Gasteiger partial charge is 0.464 e. The zero-order valence-corrected chi connectivity index (χ0v) is 16.2. The van der Waals surface area contributed by atoms with Crippen LogP contribution in [0.2, 0.25) is 10.0 Å². The zero-order chi connectivity index (χ0) is 18.8. The lowest BCUT2D eigenvalue weighted by Crippen LogP contribution is -2.18. The maximum atomic E-state index is 12.5. The number of rotatable bonds is 5. The number of hydrogen-bond donors (Lipinski definition) is 1. The molecule has 0 saturated carbocycles. The summed E-state index contributed by atoms with van der Waals surface area (Å²) in [5.74, 6) is -0.493. The molecular formula is C16H14Cl2N4O3S. The SMILES string of the molecule is CCC(c1ccc(Cl)c(Cl)c1)n1c(S)nc(-c2nnco2)c1C(=O)OC. The summed E-state index contributed by atoms with van der Waals surface area (Å²) in [7, 11) is 1.29. The van der Waals surface area contributed by atoms with Crippen LogP contribution in [0.4, 0.5) is 0 Å². The molecule has 0 aliphatic heterocycles. The molecule has 0 saturated heterocycles. The molecule has 0 N–H and O–H groups in total. The second kappa shape index (κ2) is 7.69. The summed E-state index contributed by atoms with van der Waals surface area (Å²) in [5, 5.41) is 8.63. The van der Waals surface area contributed by atoms with Crippen molar-refractivity contribution in [1.82, 2.24) is 19.7 Å². The Morgan fingerprint density at radius 3 is 2.73 bits per heavy atom. The Labute approximate surface area is 164 Å². The molecule has 0 radical (unpaired) electrons. The summed E-state index contributed by atoms with van der Waals surface area (Å²) in [6, 6.07) is 5.01. The van der Waals surface area contributed by atoms with Gasteiger partial charge in [-0.15, -0.1) is 22.8 Å². The predicted molar refractivity (Wildman–Crippen MR) is 99.0 cm³/mol. The highest BCUT2D eigenvalue weighted by Crippen LogP contribution is 2.34. The normalized spacial score (nSPS) is 12.2. The minimum atomic E-state index is -0.593. The van der Waals surface area contributed by atoms with Gasteiger partial charge in [0.25, 0.3) is 5.89 Å². The molecule has 136 valence electrons. The highest BCUT2D eigenvalue weighted by atomic mass is 35.5. The van der Waals surface area contributed by atoms with Gasteiger partial charge < -0.3 is 13.7 Å². The lowest BCUT2D eigenvalue weighted by molar-refractivity contribution is 0.0586. The summed E-state index contributed by atoms with van der Waals surface area (Å²) in [6.45, 7) is 1.97. The first kappa shape index (κ1) is 18.8. The molecule has 3 aromatic rings. The van der Waals surface area contributed by atoms with E-state index in [2.05, 4.69) is 27.8 Å². The lowest BCUT2D eigenvalue weighted by atomic mass is 10.0. The quantitative estimate of drug-likeness (QED) is 0.496. The fraction of sp³-hybridized carbons (Fsp3) is 0.250. The predicted octanol–water partition coefficient (Wildman–Crippen LogP) is 4.31. The molecule has 0 spiro atoms. The van der Waals surface area contributed by atoms with Crippen LogP contribution >= 0.6 is 35.8 Å². The molecule has 26 heavy (non-hydrogen) atoms. The van der Waals surface area contributed by atoms with Crippen molar-refractivity contribution in [2.24, 2.45) is 0 Å². The fourth-order valence-corrected chi connectivity index (χ4v) is 3.37. The topological polar surface area (TPSA) is 83.0 Å². The van der Waals surface area contributed by atoms with Crippen molar-refractivity contribution >= 4 is 41.8 Å². The molecule has 7 nitrogen and oxygen atoms in total. The molecule has 1 aromatic carbocycles. The number of carbonyl (C=O) groups excluding carboxylic acids is 1. The molecule has 0 bridgehead atoms. The third kappa shape index (κ3) is 3.32. The third-order valence-corrected chi connectivity index (χ3v) is 4.92. The zero-order valence-electron chi connectivity index (χ0n) is 13.8. The van der Waals surface area contributed by atoms with Crippen LogP contribution < -0.4 is 0 Å². The van der Waals surface area contributed by atoms with Crippen LogP contribution in [0, 0.1) is 0 Å². The van der Waals surface area contributed by atoms with Gasteiger partial charge >= 0.3 is 5.97 Å². The fourth-order valence-electron chi connectivity index (χ4n) is 2.72. The monoisotopic (exact) mass is 412 g/mol. The number of nitrogens with zero attached hydrogens (tertiary/aromatic N) is 4. The molecule has 2 aromatic heterocycles. The highest BCUT2D eigenvalue weighted by molar-refractivity contribution is 7.80. The number of esters is 1. The van der Waals surface area contributed by atoms with Gasteiger partial charge in [-0.3, -0.25) is 0 Å². The molecular weight excluding hydrogens is 399 g/mol. The summed E-state index contributed by atoms with van der Waals surface area (Å²) in [5.41, 5.74) is 1.22. The van der Waals surface area contributed by atoms with Crippen molar-refractivity contribution in [3.63, 3.8) is 0 Å². The van der Waals surface area contributed by atoms with E-state index >= 15 is 0 Å². The van der Waals surface area contributed by atoms with Crippen molar-refractivity contribution in [3.8, 4) is 11.6 Å². The maximum absolute atomic E-state index is 12.5. The second-order valence-corrected chi connectivity index (χ2v) is 6.53. The standard InChI is InChI=1S/C16H14Cl2N4O3S/c1-3-11(8-4-5-9(17)10(18)6-8)22-13(15(23)24-2)12(20-16(22)26)14-21-19-7-25-14/h4-7,11H,3H2,1-2H3,(H,20,26). The van der Waals surface area contributed by atoms with Crippen LogP contribution in [0.25, 0.3) is 11.6 Å². The number of thiol groups is 1. The van der Waals surface area contributed by atoms with Gasteiger partial charge in [0.2, 0.25) is 6.39 Å². The number of methoxy groups -OCH3 is 1. The Morgan fingerprint density at radius 1 is 1.38 bits per heavy atom. The smallest absolute Gasteiger partial charge is 0.357 e. The van der Waals surface area contributed by atoms with Crippen LogP contribution in [0.15, 0.2) is 34.2 Å². The van der Waals surface area contributed by atoms with Crippen LogP contribution in [-0.4, -0.2) is 32.8 Å². The first-order chi connectivity index (χ1) is 12.5. The van der Waals surface area contributed by atoms with Crippen molar-refractivity contribution in [3.05, 3.63) is 45.9 Å². The van der Waals surface area contributed by atoms with E-state index in [9.17, 15) is 4.79 Å². The summed E-state index contributed by atoms with van der Waals surface area (Å²) in [6.07, 6.45) is 1.79. The number of aromatic nitrogens is 4. The molecule has 2 heterocycles. The number of carbonyl (C=O) groups is 1. The first-order valence-corrected chi connectivity index (χ1v) is 8.79. The van der Waals surface area contributed by atoms with E-state index in [1.807, 2.05) is 13.0 Å². The highest BCUT2D eigenvalue weighted by Gasteiger charge is 2.30.